The van der Waals surface area contributed by atoms with Crippen LogP contribution in [0.4, 0.5) is 4.39 Å². The maximum Gasteiger partial charge on any atom is 0.151 e. The fourth-order valence-electron chi connectivity index (χ4n) is 1.78. The quantitative estimate of drug-likeness (QED) is 0.765. The molecule has 0 radical (unpaired) electrons. The molecule has 3 nitrogen and oxygen atoms in total. The molecule has 1 aromatic heterocycles. The third kappa shape index (κ3) is 2.05. The van der Waals surface area contributed by atoms with Gasteiger partial charge >= 0.3 is 0 Å². The normalized spacial score (nSPS) is 10.7. The van der Waals surface area contributed by atoms with Gasteiger partial charge in [-0.25, -0.2) is 9.37 Å². The van der Waals surface area contributed by atoms with Gasteiger partial charge in [-0.2, -0.15) is 0 Å². The van der Waals surface area contributed by atoms with Gasteiger partial charge in [-0.05, 0) is 24.3 Å². The number of para-hydroxylation sites is 2. The first-order valence-corrected chi connectivity index (χ1v) is 5.64. The Morgan fingerprint density at radius 3 is 2.67 bits per heavy atom. The minimum Gasteiger partial charge on any atom is -0.486 e. The van der Waals surface area contributed by atoms with Gasteiger partial charge in [0.15, 0.2) is 5.82 Å². The highest BCUT2D eigenvalue weighted by Gasteiger charge is 2.07. The maximum absolute atomic E-state index is 13.4. The predicted molar refractivity (Wildman–Crippen MR) is 66.8 cm³/mol. The molecule has 1 N–H and O–H groups in total. The van der Waals surface area contributed by atoms with Crippen LogP contribution in [-0.4, -0.2) is 9.97 Å². The lowest BCUT2D eigenvalue weighted by Crippen LogP contribution is -1.96. The number of ether oxygens (including phenoxy) is 1. The van der Waals surface area contributed by atoms with Gasteiger partial charge < -0.3 is 9.72 Å². The molecule has 3 aromatic rings. The van der Waals surface area contributed by atoms with Crippen LogP contribution >= 0.6 is 0 Å². The molecular formula is C14H11FN2O. The van der Waals surface area contributed by atoms with Crippen LogP contribution in [-0.2, 0) is 6.61 Å². The number of H-pyrrole nitrogens is 1. The molecule has 0 aliphatic heterocycles. The van der Waals surface area contributed by atoms with Gasteiger partial charge in [0.1, 0.15) is 23.7 Å². The summed E-state index contributed by atoms with van der Waals surface area (Å²) in [5.41, 5.74) is 1.03. The molecule has 3 rings (SSSR count). The number of benzene rings is 2. The van der Waals surface area contributed by atoms with E-state index in [2.05, 4.69) is 9.97 Å². The van der Waals surface area contributed by atoms with E-state index < -0.39 is 0 Å². The second-order valence-corrected chi connectivity index (χ2v) is 3.92. The SMILES string of the molecule is Fc1cccc2[nH]c(COc3ccccc3)nc12. The summed E-state index contributed by atoms with van der Waals surface area (Å²) in [6.45, 7) is 0.290. The van der Waals surface area contributed by atoms with E-state index in [4.69, 9.17) is 4.74 Å². The maximum atomic E-state index is 13.4. The largest absolute Gasteiger partial charge is 0.486 e. The Labute approximate surface area is 103 Å². The molecule has 0 atom stereocenters. The van der Waals surface area contributed by atoms with Gasteiger partial charge in [0.05, 0.1) is 5.52 Å². The number of nitrogens with zero attached hydrogens (tertiary/aromatic N) is 1. The number of aromatic amines is 1. The average Bonchev–Trinajstić information content (AvgIpc) is 2.82. The van der Waals surface area contributed by atoms with Gasteiger partial charge in [0.25, 0.3) is 0 Å². The molecule has 18 heavy (non-hydrogen) atoms. The van der Waals surface area contributed by atoms with Crippen molar-refractivity contribution in [3.05, 3.63) is 60.2 Å². The molecule has 0 spiro atoms. The van der Waals surface area contributed by atoms with E-state index in [0.717, 1.165) is 5.75 Å². The van der Waals surface area contributed by atoms with Crippen LogP contribution in [0.2, 0.25) is 0 Å². The van der Waals surface area contributed by atoms with Crippen molar-refractivity contribution in [2.75, 3.05) is 0 Å². The number of hydrogen-bond donors (Lipinski definition) is 1. The van der Waals surface area contributed by atoms with Crippen molar-refractivity contribution in [3.8, 4) is 5.75 Å². The lowest BCUT2D eigenvalue weighted by Gasteiger charge is -2.02. The number of aromatic nitrogens is 2. The Morgan fingerprint density at radius 2 is 1.89 bits per heavy atom. The summed E-state index contributed by atoms with van der Waals surface area (Å²) >= 11 is 0. The van der Waals surface area contributed by atoms with E-state index >= 15 is 0 Å². The molecule has 90 valence electrons. The molecule has 0 bridgehead atoms. The van der Waals surface area contributed by atoms with Gasteiger partial charge in [0.2, 0.25) is 0 Å². The summed E-state index contributed by atoms with van der Waals surface area (Å²) < 4.78 is 19.0. The first-order chi connectivity index (χ1) is 8.83. The van der Waals surface area contributed by atoms with Crippen LogP contribution in [0.5, 0.6) is 5.75 Å². The number of hydrogen-bond acceptors (Lipinski definition) is 2. The minimum atomic E-state index is -0.324. The van der Waals surface area contributed by atoms with E-state index in [1.807, 2.05) is 30.3 Å². The van der Waals surface area contributed by atoms with Crippen molar-refractivity contribution in [1.29, 1.82) is 0 Å². The molecule has 1 heterocycles. The zero-order valence-electron chi connectivity index (χ0n) is 9.56. The van der Waals surface area contributed by atoms with Crippen molar-refractivity contribution in [1.82, 2.24) is 9.97 Å². The Morgan fingerprint density at radius 1 is 1.06 bits per heavy atom. The van der Waals surface area contributed by atoms with E-state index in [1.165, 1.54) is 6.07 Å². The van der Waals surface area contributed by atoms with Crippen LogP contribution in [0, 0.1) is 5.82 Å². The third-order valence-corrected chi connectivity index (χ3v) is 2.63. The summed E-state index contributed by atoms with van der Waals surface area (Å²) in [5, 5.41) is 0. The molecule has 0 saturated carbocycles. The zero-order valence-corrected chi connectivity index (χ0v) is 9.56. The van der Waals surface area contributed by atoms with E-state index in [9.17, 15) is 4.39 Å². The number of fused-ring (bicyclic) bond motifs is 1. The van der Waals surface area contributed by atoms with Crippen LogP contribution in [0.3, 0.4) is 0 Å². The summed E-state index contributed by atoms with van der Waals surface area (Å²) in [6, 6.07) is 14.3. The van der Waals surface area contributed by atoms with Crippen molar-refractivity contribution < 1.29 is 9.13 Å². The summed E-state index contributed by atoms with van der Waals surface area (Å²) in [5.74, 6) is 1.05. The van der Waals surface area contributed by atoms with Gasteiger partial charge in [-0.15, -0.1) is 0 Å². The highest BCUT2D eigenvalue weighted by molar-refractivity contribution is 5.75. The molecule has 0 unspecified atom stereocenters. The fourth-order valence-corrected chi connectivity index (χ4v) is 1.78. The van der Waals surface area contributed by atoms with Crippen LogP contribution in [0.25, 0.3) is 11.0 Å². The number of rotatable bonds is 3. The summed E-state index contributed by atoms with van der Waals surface area (Å²) in [6.07, 6.45) is 0. The van der Waals surface area contributed by atoms with Crippen molar-refractivity contribution in [2.24, 2.45) is 0 Å². The number of nitrogens with one attached hydrogen (secondary N) is 1. The van der Waals surface area contributed by atoms with E-state index in [-0.39, 0.29) is 12.4 Å². The topological polar surface area (TPSA) is 37.9 Å². The van der Waals surface area contributed by atoms with E-state index in [1.54, 1.807) is 12.1 Å². The summed E-state index contributed by atoms with van der Waals surface area (Å²) in [7, 11) is 0. The minimum absolute atomic E-state index is 0.290. The third-order valence-electron chi connectivity index (χ3n) is 2.63. The first-order valence-electron chi connectivity index (χ1n) is 5.64. The smallest absolute Gasteiger partial charge is 0.151 e. The van der Waals surface area contributed by atoms with Crippen LogP contribution < -0.4 is 4.74 Å². The molecule has 0 fully saturated rings. The number of halogens is 1. The van der Waals surface area contributed by atoms with Crippen LogP contribution in [0.1, 0.15) is 5.82 Å². The van der Waals surface area contributed by atoms with Gasteiger partial charge in [0, 0.05) is 0 Å². The van der Waals surface area contributed by atoms with Crippen LogP contribution in [0.15, 0.2) is 48.5 Å². The van der Waals surface area contributed by atoms with Gasteiger partial charge in [-0.1, -0.05) is 24.3 Å². The average molecular weight is 242 g/mol. The van der Waals surface area contributed by atoms with E-state index in [0.29, 0.717) is 16.9 Å². The highest BCUT2D eigenvalue weighted by Crippen LogP contribution is 2.16. The van der Waals surface area contributed by atoms with Crippen molar-refractivity contribution in [3.63, 3.8) is 0 Å². The molecule has 0 saturated heterocycles. The predicted octanol–water partition coefficient (Wildman–Crippen LogP) is 3.28. The Kier molecular flexibility index (Phi) is 2.68. The molecule has 0 aliphatic rings. The Hall–Kier alpha value is -2.36. The lowest BCUT2D eigenvalue weighted by molar-refractivity contribution is 0.297. The molecule has 0 amide bonds. The summed E-state index contributed by atoms with van der Waals surface area (Å²) in [4.78, 5) is 7.20. The monoisotopic (exact) mass is 242 g/mol. The number of imidazole rings is 1. The Bertz CT molecular complexity index is 664. The first kappa shape index (κ1) is 10.8. The van der Waals surface area contributed by atoms with Crippen molar-refractivity contribution >= 4 is 11.0 Å². The second kappa shape index (κ2) is 4.49. The Balaban J connectivity index is 1.81. The van der Waals surface area contributed by atoms with Crippen molar-refractivity contribution in [2.45, 2.75) is 6.61 Å². The zero-order chi connectivity index (χ0) is 12.4. The fraction of sp³-hybridized carbons (Fsp3) is 0.0714. The molecule has 2 aromatic carbocycles. The second-order valence-electron chi connectivity index (χ2n) is 3.92. The highest BCUT2D eigenvalue weighted by atomic mass is 19.1. The lowest BCUT2D eigenvalue weighted by atomic mass is 10.3. The molecular weight excluding hydrogens is 231 g/mol. The van der Waals surface area contributed by atoms with Gasteiger partial charge in [-0.3, -0.25) is 0 Å². The standard InChI is InChI=1S/C14H11FN2O/c15-11-7-4-8-12-14(11)17-13(16-12)9-18-10-5-2-1-3-6-10/h1-8H,9H2,(H,16,17). The molecule has 0 aliphatic carbocycles. The molecule has 4 heteroatoms.